The number of nitrogens with one attached hydrogen (secondary N) is 1. The van der Waals surface area contributed by atoms with E-state index in [-0.39, 0.29) is 30.0 Å². The van der Waals surface area contributed by atoms with Crippen molar-refractivity contribution in [3.63, 3.8) is 0 Å². The zero-order chi connectivity index (χ0) is 15.6. The Hall–Kier alpha value is -2.55. The summed E-state index contributed by atoms with van der Waals surface area (Å²) in [5, 5.41) is 13.0. The van der Waals surface area contributed by atoms with Crippen LogP contribution in [-0.4, -0.2) is 26.6 Å². The highest BCUT2D eigenvalue weighted by atomic mass is 19.1. The summed E-state index contributed by atoms with van der Waals surface area (Å²) < 4.78 is 26.6. The van der Waals surface area contributed by atoms with Gasteiger partial charge in [0, 0.05) is 11.6 Å². The Morgan fingerprint density at radius 2 is 1.81 bits per heavy atom. The van der Waals surface area contributed by atoms with E-state index in [0.717, 1.165) is 6.07 Å². The van der Waals surface area contributed by atoms with Gasteiger partial charge >= 0.3 is 0 Å². The molecule has 0 saturated heterocycles. The number of rotatable bonds is 4. The molecule has 0 aliphatic carbocycles. The van der Waals surface area contributed by atoms with E-state index in [1.165, 1.54) is 13.0 Å². The fourth-order valence-electron chi connectivity index (χ4n) is 1.76. The average molecular weight is 296 g/mol. The van der Waals surface area contributed by atoms with Crippen molar-refractivity contribution in [3.8, 4) is 0 Å². The Morgan fingerprint density at radius 3 is 2.38 bits per heavy atom. The van der Waals surface area contributed by atoms with Crippen molar-refractivity contribution in [1.29, 1.82) is 0 Å². The van der Waals surface area contributed by atoms with Gasteiger partial charge in [-0.3, -0.25) is 0 Å². The van der Waals surface area contributed by atoms with Crippen molar-refractivity contribution in [1.82, 2.24) is 15.0 Å². The van der Waals surface area contributed by atoms with Crippen LogP contribution < -0.4 is 16.8 Å². The van der Waals surface area contributed by atoms with Crippen molar-refractivity contribution < 1.29 is 13.9 Å². The van der Waals surface area contributed by atoms with E-state index in [1.54, 1.807) is 0 Å². The summed E-state index contributed by atoms with van der Waals surface area (Å²) in [5.74, 6) is -1.70. The number of anilines is 3. The van der Waals surface area contributed by atoms with E-state index < -0.39 is 17.2 Å². The predicted molar refractivity (Wildman–Crippen MR) is 73.1 cm³/mol. The number of nitrogens with zero attached hydrogens (tertiary/aromatic N) is 3. The lowest BCUT2D eigenvalue weighted by Crippen LogP contribution is -2.32. The zero-order valence-electron chi connectivity index (χ0n) is 11.1. The molecule has 7 nitrogen and oxygen atoms in total. The third-order valence-electron chi connectivity index (χ3n) is 2.77. The summed E-state index contributed by atoms with van der Waals surface area (Å²) in [6.07, 6.45) is 0. The molecule has 1 heterocycles. The van der Waals surface area contributed by atoms with Crippen LogP contribution in [0, 0.1) is 11.6 Å². The van der Waals surface area contributed by atoms with Crippen molar-refractivity contribution in [2.75, 3.05) is 23.3 Å². The van der Waals surface area contributed by atoms with Crippen molar-refractivity contribution >= 4 is 17.8 Å². The number of hydrogen-bond acceptors (Lipinski definition) is 7. The number of aromatic nitrogens is 3. The molecule has 0 bridgehead atoms. The fraction of sp³-hybridized carbons (Fsp3) is 0.250. The van der Waals surface area contributed by atoms with Crippen LogP contribution in [0.25, 0.3) is 0 Å². The number of aliphatic hydroxyl groups is 1. The molecule has 2 rings (SSSR count). The van der Waals surface area contributed by atoms with Gasteiger partial charge in [0.05, 0.1) is 6.54 Å². The lowest BCUT2D eigenvalue weighted by atomic mass is 9.95. The summed E-state index contributed by atoms with van der Waals surface area (Å²) in [6.45, 7) is 1.22. The van der Waals surface area contributed by atoms with E-state index in [0.29, 0.717) is 6.07 Å². The number of nitrogens with two attached hydrogens (primary N) is 2. The smallest absolute Gasteiger partial charge is 0.229 e. The molecule has 2 aromatic rings. The van der Waals surface area contributed by atoms with Crippen molar-refractivity contribution in [2.45, 2.75) is 12.5 Å². The molecule has 0 saturated carbocycles. The van der Waals surface area contributed by atoms with Crippen molar-refractivity contribution in [2.24, 2.45) is 0 Å². The number of nitrogen functional groups attached to an aromatic ring is 2. The fourth-order valence-corrected chi connectivity index (χ4v) is 1.76. The molecular weight excluding hydrogens is 282 g/mol. The maximum atomic E-state index is 13.7. The molecule has 9 heteroatoms. The largest absolute Gasteiger partial charge is 0.383 e. The van der Waals surface area contributed by atoms with Crippen LogP contribution in [0.15, 0.2) is 18.2 Å². The van der Waals surface area contributed by atoms with Crippen LogP contribution in [0.4, 0.5) is 26.6 Å². The van der Waals surface area contributed by atoms with Crippen LogP contribution in [0.1, 0.15) is 12.5 Å². The zero-order valence-corrected chi connectivity index (χ0v) is 11.1. The molecule has 1 aromatic heterocycles. The lowest BCUT2D eigenvalue weighted by Gasteiger charge is -2.24. The topological polar surface area (TPSA) is 123 Å². The Bertz CT molecular complexity index is 644. The van der Waals surface area contributed by atoms with Crippen LogP contribution >= 0.6 is 0 Å². The summed E-state index contributed by atoms with van der Waals surface area (Å²) >= 11 is 0. The van der Waals surface area contributed by atoms with E-state index in [4.69, 9.17) is 11.5 Å². The first-order valence-corrected chi connectivity index (χ1v) is 5.97. The van der Waals surface area contributed by atoms with Crippen LogP contribution in [-0.2, 0) is 5.60 Å². The Morgan fingerprint density at radius 1 is 1.19 bits per heavy atom. The van der Waals surface area contributed by atoms with E-state index in [9.17, 15) is 13.9 Å². The Labute approximate surface area is 119 Å². The molecule has 0 fully saturated rings. The predicted octanol–water partition coefficient (Wildman–Crippen LogP) is 0.634. The second kappa shape index (κ2) is 5.44. The molecule has 0 spiro atoms. The van der Waals surface area contributed by atoms with Gasteiger partial charge in [-0.25, -0.2) is 8.78 Å². The van der Waals surface area contributed by atoms with E-state index >= 15 is 0 Å². The molecule has 1 unspecified atom stereocenters. The number of benzene rings is 1. The standard InChI is InChI=1S/C12H14F2N6O/c1-12(21,7-3-2-6(13)4-8(7)14)5-17-11-19-9(15)18-10(16)20-11/h2-4,21H,5H2,1H3,(H5,15,16,17,18,19,20). The molecule has 0 radical (unpaired) electrons. The second-order valence-corrected chi connectivity index (χ2v) is 4.63. The van der Waals surface area contributed by atoms with Gasteiger partial charge in [0.2, 0.25) is 17.8 Å². The normalized spacial score (nSPS) is 13.7. The minimum atomic E-state index is -1.62. The molecular formula is C12H14F2N6O. The first kappa shape index (κ1) is 14.9. The molecule has 0 amide bonds. The molecule has 0 aliphatic rings. The molecule has 1 atom stereocenters. The second-order valence-electron chi connectivity index (χ2n) is 4.63. The molecule has 21 heavy (non-hydrogen) atoms. The third kappa shape index (κ3) is 3.51. The molecule has 6 N–H and O–H groups in total. The first-order chi connectivity index (χ1) is 9.78. The first-order valence-electron chi connectivity index (χ1n) is 5.97. The monoisotopic (exact) mass is 296 g/mol. The van der Waals surface area contributed by atoms with Gasteiger partial charge < -0.3 is 21.9 Å². The lowest BCUT2D eigenvalue weighted by molar-refractivity contribution is 0.0673. The summed E-state index contributed by atoms with van der Waals surface area (Å²) in [5.41, 5.74) is 9.13. The Balaban J connectivity index is 2.17. The molecule has 112 valence electrons. The third-order valence-corrected chi connectivity index (χ3v) is 2.77. The highest BCUT2D eigenvalue weighted by molar-refractivity contribution is 5.38. The van der Waals surface area contributed by atoms with Gasteiger partial charge in [0.15, 0.2) is 0 Å². The van der Waals surface area contributed by atoms with Crippen molar-refractivity contribution in [3.05, 3.63) is 35.4 Å². The maximum Gasteiger partial charge on any atom is 0.229 e. The van der Waals surface area contributed by atoms with Gasteiger partial charge in [-0.05, 0) is 13.0 Å². The highest BCUT2D eigenvalue weighted by Crippen LogP contribution is 2.24. The van der Waals surface area contributed by atoms with Gasteiger partial charge in [0.25, 0.3) is 0 Å². The van der Waals surface area contributed by atoms with Gasteiger partial charge in [-0.15, -0.1) is 0 Å². The van der Waals surface area contributed by atoms with E-state index in [1.807, 2.05) is 0 Å². The summed E-state index contributed by atoms with van der Waals surface area (Å²) in [7, 11) is 0. The number of halogens is 2. The molecule has 0 aliphatic heterocycles. The maximum absolute atomic E-state index is 13.7. The minimum Gasteiger partial charge on any atom is -0.383 e. The van der Waals surface area contributed by atoms with Crippen LogP contribution in [0.2, 0.25) is 0 Å². The van der Waals surface area contributed by atoms with Crippen LogP contribution in [0.5, 0.6) is 0 Å². The van der Waals surface area contributed by atoms with E-state index in [2.05, 4.69) is 20.3 Å². The quantitative estimate of drug-likeness (QED) is 0.652. The SMILES string of the molecule is CC(O)(CNc1nc(N)nc(N)n1)c1ccc(F)cc1F. The molecule has 1 aromatic carbocycles. The summed E-state index contributed by atoms with van der Waals surface area (Å²) in [6, 6.07) is 2.93. The highest BCUT2D eigenvalue weighted by Gasteiger charge is 2.27. The Kier molecular flexibility index (Phi) is 3.85. The van der Waals surface area contributed by atoms with Gasteiger partial charge in [-0.1, -0.05) is 6.07 Å². The van der Waals surface area contributed by atoms with Gasteiger partial charge in [0.1, 0.15) is 17.2 Å². The number of hydrogen-bond donors (Lipinski definition) is 4. The average Bonchev–Trinajstić information content (AvgIpc) is 2.35. The minimum absolute atomic E-state index is 0.0443. The van der Waals surface area contributed by atoms with Crippen LogP contribution in [0.3, 0.4) is 0 Å². The van der Waals surface area contributed by atoms with Gasteiger partial charge in [-0.2, -0.15) is 15.0 Å². The summed E-state index contributed by atoms with van der Waals surface area (Å²) in [4.78, 5) is 11.1.